The van der Waals surface area contributed by atoms with Crippen LogP contribution in [-0.4, -0.2) is 15.7 Å². The second-order valence-electron chi connectivity index (χ2n) is 5.69. The average Bonchev–Trinajstić information content (AvgIpc) is 2.59. The van der Waals surface area contributed by atoms with Crippen molar-refractivity contribution in [2.75, 3.05) is 0 Å². The van der Waals surface area contributed by atoms with Gasteiger partial charge in [0, 0.05) is 12.6 Å². The summed E-state index contributed by atoms with van der Waals surface area (Å²) >= 11 is 0. The van der Waals surface area contributed by atoms with Gasteiger partial charge in [0.2, 0.25) is 5.91 Å². The zero-order valence-electron chi connectivity index (χ0n) is 13.8. The molecule has 0 unspecified atom stereocenters. The minimum Gasteiger partial charge on any atom is -0.273 e. The van der Waals surface area contributed by atoms with Gasteiger partial charge in [0.25, 0.3) is 0 Å². The van der Waals surface area contributed by atoms with E-state index in [4.69, 9.17) is 0 Å². The van der Waals surface area contributed by atoms with Gasteiger partial charge in [0.15, 0.2) is 0 Å². The largest absolute Gasteiger partial charge is 0.273 e. The lowest BCUT2D eigenvalue weighted by Gasteiger charge is -2.03. The van der Waals surface area contributed by atoms with E-state index >= 15 is 0 Å². The maximum atomic E-state index is 11.9. The van der Waals surface area contributed by atoms with Gasteiger partial charge < -0.3 is 0 Å². The molecule has 1 amide bonds. The van der Waals surface area contributed by atoms with Crippen LogP contribution in [-0.2, 0) is 4.79 Å². The number of para-hydroxylation sites is 1. The molecule has 0 bridgehead atoms. The standard InChI is InChI=1S/C19H25N3O/c1-2-3-4-5-6-10-13-19(23)21-17-14-15-22(20-16-17)18-11-8-7-9-12-18/h7-9,11-12,14-16H,2-6,10,13H2,1H3. The molecular weight excluding hydrogens is 286 g/mol. The smallest absolute Gasteiger partial charge is 0.246 e. The van der Waals surface area contributed by atoms with Crippen molar-refractivity contribution >= 4 is 5.91 Å². The van der Waals surface area contributed by atoms with Crippen LogP contribution in [0.1, 0.15) is 51.9 Å². The Hall–Kier alpha value is -2.23. The van der Waals surface area contributed by atoms with Crippen molar-refractivity contribution in [2.45, 2.75) is 51.9 Å². The van der Waals surface area contributed by atoms with E-state index in [1.165, 1.54) is 25.7 Å². The van der Waals surface area contributed by atoms with E-state index in [0.717, 1.165) is 18.5 Å². The highest BCUT2D eigenvalue weighted by Gasteiger charge is 1.99. The van der Waals surface area contributed by atoms with E-state index in [1.54, 1.807) is 10.9 Å². The van der Waals surface area contributed by atoms with E-state index < -0.39 is 0 Å². The summed E-state index contributed by atoms with van der Waals surface area (Å²) in [6, 6.07) is 11.7. The molecule has 0 N–H and O–H groups in total. The van der Waals surface area contributed by atoms with E-state index in [2.05, 4.69) is 17.0 Å². The van der Waals surface area contributed by atoms with E-state index in [0.29, 0.717) is 11.8 Å². The van der Waals surface area contributed by atoms with Crippen LogP contribution < -0.4 is 5.36 Å². The van der Waals surface area contributed by atoms with Crippen molar-refractivity contribution in [1.29, 1.82) is 0 Å². The molecule has 1 aromatic carbocycles. The molecule has 0 aliphatic heterocycles. The van der Waals surface area contributed by atoms with Crippen molar-refractivity contribution < 1.29 is 4.79 Å². The Kier molecular flexibility index (Phi) is 7.24. The molecule has 4 heteroatoms. The molecule has 1 heterocycles. The highest BCUT2D eigenvalue weighted by Crippen LogP contribution is 2.07. The molecule has 0 aliphatic carbocycles. The Balaban J connectivity index is 1.84. The Morgan fingerprint density at radius 3 is 2.48 bits per heavy atom. The fourth-order valence-electron chi connectivity index (χ4n) is 2.41. The van der Waals surface area contributed by atoms with Crippen molar-refractivity contribution in [1.82, 2.24) is 9.78 Å². The van der Waals surface area contributed by atoms with Crippen LogP contribution in [0.2, 0.25) is 0 Å². The predicted octanol–water partition coefficient (Wildman–Crippen LogP) is 4.05. The Morgan fingerprint density at radius 1 is 1.04 bits per heavy atom. The zero-order chi connectivity index (χ0) is 16.3. The molecule has 0 fully saturated rings. The van der Waals surface area contributed by atoms with Gasteiger partial charge in [-0.2, -0.15) is 5.10 Å². The molecule has 2 aromatic rings. The maximum Gasteiger partial charge on any atom is 0.246 e. The summed E-state index contributed by atoms with van der Waals surface area (Å²) < 4.78 is 1.76. The van der Waals surface area contributed by atoms with Crippen molar-refractivity contribution in [3.63, 3.8) is 0 Å². The molecule has 0 aliphatic rings. The number of aromatic nitrogens is 2. The topological polar surface area (TPSA) is 47.2 Å². The Bertz CT molecular complexity index is 641. The van der Waals surface area contributed by atoms with Crippen molar-refractivity contribution in [3.05, 3.63) is 54.1 Å². The number of rotatable bonds is 8. The summed E-state index contributed by atoms with van der Waals surface area (Å²) in [5, 5.41) is 4.92. The number of carbonyl (C=O) groups is 1. The number of carbonyl (C=O) groups excluding carboxylic acids is 1. The lowest BCUT2D eigenvalue weighted by molar-refractivity contribution is -0.118. The first-order chi connectivity index (χ1) is 11.3. The quantitative estimate of drug-likeness (QED) is 0.690. The minimum absolute atomic E-state index is 0.0558. The summed E-state index contributed by atoms with van der Waals surface area (Å²) in [5.74, 6) is -0.0558. The number of hydrogen-bond acceptors (Lipinski definition) is 2. The number of unbranched alkanes of at least 4 members (excludes halogenated alkanes) is 5. The minimum atomic E-state index is -0.0558. The van der Waals surface area contributed by atoms with Crippen LogP contribution >= 0.6 is 0 Å². The molecule has 0 radical (unpaired) electrons. The van der Waals surface area contributed by atoms with Gasteiger partial charge in [-0.25, -0.2) is 9.67 Å². The summed E-state index contributed by atoms with van der Waals surface area (Å²) in [5.41, 5.74) is 0.984. The number of nitrogens with zero attached hydrogens (tertiary/aromatic N) is 3. The van der Waals surface area contributed by atoms with Crippen LogP contribution in [0.25, 0.3) is 5.69 Å². The van der Waals surface area contributed by atoms with Crippen LogP contribution in [0.4, 0.5) is 0 Å². The van der Waals surface area contributed by atoms with Crippen LogP contribution in [0.15, 0.2) is 53.8 Å². The van der Waals surface area contributed by atoms with E-state index in [9.17, 15) is 4.79 Å². The summed E-state index contributed by atoms with van der Waals surface area (Å²) in [6.07, 6.45) is 11.0. The third-order valence-electron chi connectivity index (χ3n) is 3.72. The van der Waals surface area contributed by atoms with Gasteiger partial charge in [-0.1, -0.05) is 57.2 Å². The Labute approximate surface area is 137 Å². The summed E-state index contributed by atoms with van der Waals surface area (Å²) in [7, 11) is 0. The number of hydrogen-bond donors (Lipinski definition) is 0. The highest BCUT2D eigenvalue weighted by molar-refractivity contribution is 5.76. The molecule has 1 aromatic heterocycles. The van der Waals surface area contributed by atoms with Crippen LogP contribution in [0.5, 0.6) is 0 Å². The molecule has 122 valence electrons. The SMILES string of the molecule is CCCCCCCCC(=O)N=c1ccn(-c2ccccc2)nc1. The van der Waals surface area contributed by atoms with Gasteiger partial charge in [-0.05, 0) is 24.6 Å². The van der Waals surface area contributed by atoms with Gasteiger partial charge >= 0.3 is 0 Å². The Morgan fingerprint density at radius 2 is 1.78 bits per heavy atom. The number of benzene rings is 1. The highest BCUT2D eigenvalue weighted by atomic mass is 16.1. The van der Waals surface area contributed by atoms with Gasteiger partial charge in [0.1, 0.15) is 0 Å². The second kappa shape index (κ2) is 9.72. The van der Waals surface area contributed by atoms with Crippen LogP contribution in [0.3, 0.4) is 0 Å². The zero-order valence-corrected chi connectivity index (χ0v) is 13.8. The molecule has 0 saturated carbocycles. The predicted molar refractivity (Wildman–Crippen MR) is 92.1 cm³/mol. The summed E-state index contributed by atoms with van der Waals surface area (Å²) in [4.78, 5) is 16.0. The summed E-state index contributed by atoms with van der Waals surface area (Å²) in [6.45, 7) is 2.21. The van der Waals surface area contributed by atoms with E-state index in [-0.39, 0.29) is 5.91 Å². The van der Waals surface area contributed by atoms with Crippen LogP contribution in [0, 0.1) is 0 Å². The second-order valence-corrected chi connectivity index (χ2v) is 5.69. The first-order valence-electron chi connectivity index (χ1n) is 8.47. The third-order valence-corrected chi connectivity index (χ3v) is 3.72. The molecule has 23 heavy (non-hydrogen) atoms. The average molecular weight is 311 g/mol. The molecule has 2 rings (SSSR count). The maximum absolute atomic E-state index is 11.9. The molecular formula is C19H25N3O. The van der Waals surface area contributed by atoms with Gasteiger partial charge in [-0.3, -0.25) is 4.79 Å². The molecule has 0 saturated heterocycles. The van der Waals surface area contributed by atoms with Crippen molar-refractivity contribution in [3.8, 4) is 5.69 Å². The lowest BCUT2D eigenvalue weighted by Crippen LogP contribution is -2.11. The molecule has 0 spiro atoms. The third kappa shape index (κ3) is 6.19. The monoisotopic (exact) mass is 311 g/mol. The molecule has 4 nitrogen and oxygen atoms in total. The normalized spacial score (nSPS) is 11.6. The first-order valence-corrected chi connectivity index (χ1v) is 8.47. The van der Waals surface area contributed by atoms with Gasteiger partial charge in [-0.15, -0.1) is 0 Å². The fraction of sp³-hybridized carbons (Fsp3) is 0.421. The van der Waals surface area contributed by atoms with Gasteiger partial charge in [0.05, 0.1) is 17.2 Å². The van der Waals surface area contributed by atoms with E-state index in [1.807, 2.05) is 42.6 Å². The lowest BCUT2D eigenvalue weighted by atomic mass is 10.1. The molecule has 0 atom stereocenters. The first kappa shape index (κ1) is 17.1. The number of amides is 1. The van der Waals surface area contributed by atoms with Crippen molar-refractivity contribution in [2.24, 2.45) is 4.99 Å². The fourth-order valence-corrected chi connectivity index (χ4v) is 2.41.